The maximum atomic E-state index is 10.3. The van der Waals surface area contributed by atoms with Crippen molar-refractivity contribution in [3.05, 3.63) is 6.33 Å². The molecule has 1 unspecified atom stereocenters. The van der Waals surface area contributed by atoms with Gasteiger partial charge >= 0.3 is 6.01 Å². The molecule has 0 spiro atoms. The summed E-state index contributed by atoms with van der Waals surface area (Å²) in [6.07, 6.45) is 4.46. The summed E-state index contributed by atoms with van der Waals surface area (Å²) in [5.74, 6) is 0.849. The second-order valence-corrected chi connectivity index (χ2v) is 7.59. The van der Waals surface area contributed by atoms with Crippen molar-refractivity contribution < 1.29 is 24.8 Å². The molecule has 10 nitrogen and oxygen atoms in total. The van der Waals surface area contributed by atoms with Crippen LogP contribution in [0, 0.1) is 5.92 Å². The van der Waals surface area contributed by atoms with Crippen molar-refractivity contribution >= 4 is 17.0 Å². The summed E-state index contributed by atoms with van der Waals surface area (Å²) in [6.45, 7) is 0.103. The van der Waals surface area contributed by atoms with Crippen molar-refractivity contribution in [1.29, 1.82) is 0 Å². The third-order valence-corrected chi connectivity index (χ3v) is 5.70. The van der Waals surface area contributed by atoms with Crippen LogP contribution in [0.3, 0.4) is 0 Å². The molecule has 1 saturated heterocycles. The van der Waals surface area contributed by atoms with E-state index in [9.17, 15) is 15.3 Å². The van der Waals surface area contributed by atoms with Gasteiger partial charge in [0.2, 0.25) is 0 Å². The topological polar surface area (TPSA) is 149 Å². The number of aromatic nitrogens is 4. The minimum Gasteiger partial charge on any atom is -0.463 e. The number of nitrogens with zero attached hydrogens (tertiary/aromatic N) is 4. The van der Waals surface area contributed by atoms with Crippen molar-refractivity contribution in [3.8, 4) is 6.01 Å². The fourth-order valence-corrected chi connectivity index (χ4v) is 4.07. The van der Waals surface area contributed by atoms with Gasteiger partial charge in [0.1, 0.15) is 18.3 Å². The molecule has 0 bridgehead atoms. The van der Waals surface area contributed by atoms with Crippen molar-refractivity contribution in [2.75, 3.05) is 18.9 Å². The first-order valence-electron chi connectivity index (χ1n) is 9.83. The first-order valence-corrected chi connectivity index (χ1v) is 9.83. The standard InChI is InChI=1S/C18H27N5O5/c19-15-12-16(22-18(21-15)27-7-6-10-4-2-1-3-5-10)23(9-20-12)17-14(26)13(25)11(8-24)28-17/h9-11,13-14,17,24-26H,1-8H2,(H2,19,21,22)/t11-,13-,14-,17?/m0/s1. The first kappa shape index (κ1) is 19.3. The lowest BCUT2D eigenvalue weighted by atomic mass is 9.87. The zero-order valence-corrected chi connectivity index (χ0v) is 15.6. The third kappa shape index (κ3) is 3.64. The second kappa shape index (κ2) is 8.16. The molecule has 3 heterocycles. The molecule has 4 rings (SSSR count). The van der Waals surface area contributed by atoms with E-state index in [1.807, 2.05) is 0 Å². The summed E-state index contributed by atoms with van der Waals surface area (Å²) < 4.78 is 12.8. The van der Waals surface area contributed by atoms with Crippen LogP contribution in [-0.4, -0.2) is 66.4 Å². The minimum atomic E-state index is -1.23. The van der Waals surface area contributed by atoms with Crippen LogP contribution >= 0.6 is 0 Å². The van der Waals surface area contributed by atoms with Gasteiger partial charge in [0.15, 0.2) is 23.2 Å². The number of nitrogen functional groups attached to an aromatic ring is 1. The Morgan fingerprint density at radius 1 is 1.18 bits per heavy atom. The number of ether oxygens (including phenoxy) is 2. The molecule has 1 saturated carbocycles. The molecule has 10 heteroatoms. The Morgan fingerprint density at radius 3 is 2.68 bits per heavy atom. The number of hydrogen-bond acceptors (Lipinski definition) is 9. The van der Waals surface area contributed by atoms with Gasteiger partial charge in [0.05, 0.1) is 19.5 Å². The Morgan fingerprint density at radius 2 is 1.96 bits per heavy atom. The molecule has 1 aliphatic carbocycles. The van der Waals surface area contributed by atoms with Gasteiger partial charge in [-0.05, 0) is 12.3 Å². The monoisotopic (exact) mass is 393 g/mol. The van der Waals surface area contributed by atoms with Gasteiger partial charge in [-0.2, -0.15) is 9.97 Å². The highest BCUT2D eigenvalue weighted by Gasteiger charge is 2.44. The molecule has 2 aromatic heterocycles. The highest BCUT2D eigenvalue weighted by molar-refractivity contribution is 5.82. The van der Waals surface area contributed by atoms with E-state index in [0.29, 0.717) is 23.7 Å². The predicted octanol–water partition coefficient (Wildman–Crippen LogP) is 0.369. The van der Waals surface area contributed by atoms with E-state index in [0.717, 1.165) is 6.42 Å². The van der Waals surface area contributed by atoms with Crippen LogP contribution < -0.4 is 10.5 Å². The van der Waals surface area contributed by atoms with E-state index in [-0.39, 0.29) is 11.8 Å². The zero-order valence-electron chi connectivity index (χ0n) is 15.6. The van der Waals surface area contributed by atoms with Crippen LogP contribution in [0.15, 0.2) is 6.33 Å². The Balaban J connectivity index is 1.51. The number of nitrogens with two attached hydrogens (primary N) is 1. The summed E-state index contributed by atoms with van der Waals surface area (Å²) in [4.78, 5) is 12.7. The van der Waals surface area contributed by atoms with E-state index in [1.54, 1.807) is 0 Å². The lowest BCUT2D eigenvalue weighted by Crippen LogP contribution is -2.33. The van der Waals surface area contributed by atoms with E-state index < -0.39 is 31.1 Å². The summed E-state index contributed by atoms with van der Waals surface area (Å²) in [5, 5.41) is 29.6. The maximum absolute atomic E-state index is 10.3. The first-order chi connectivity index (χ1) is 13.6. The fraction of sp³-hybridized carbons (Fsp3) is 0.722. The zero-order chi connectivity index (χ0) is 19.7. The highest BCUT2D eigenvalue weighted by atomic mass is 16.6. The Kier molecular flexibility index (Phi) is 5.63. The fourth-order valence-electron chi connectivity index (χ4n) is 4.07. The lowest BCUT2D eigenvalue weighted by molar-refractivity contribution is -0.0511. The van der Waals surface area contributed by atoms with E-state index >= 15 is 0 Å². The molecule has 2 aromatic rings. The SMILES string of the molecule is Nc1nc(OCCC2CCCCC2)nc2c1ncn2C1O[C@@H](CO)[C@H](O)[C@@H]1O. The normalized spacial score (nSPS) is 28.8. The smallest absolute Gasteiger partial charge is 0.320 e. The number of aliphatic hydroxyl groups excluding tert-OH is 3. The molecule has 0 radical (unpaired) electrons. The van der Waals surface area contributed by atoms with Crippen LogP contribution in [0.1, 0.15) is 44.8 Å². The molecular weight excluding hydrogens is 366 g/mol. The lowest BCUT2D eigenvalue weighted by Gasteiger charge is -2.21. The van der Waals surface area contributed by atoms with Crippen molar-refractivity contribution in [2.24, 2.45) is 5.92 Å². The summed E-state index contributed by atoms with van der Waals surface area (Å²) in [5.41, 5.74) is 6.70. The Labute approximate surface area is 162 Å². The summed E-state index contributed by atoms with van der Waals surface area (Å²) in [6, 6.07) is 0.148. The van der Waals surface area contributed by atoms with Crippen molar-refractivity contribution in [3.63, 3.8) is 0 Å². The molecule has 0 aromatic carbocycles. The number of rotatable bonds is 6. The molecule has 154 valence electrons. The van der Waals surface area contributed by atoms with Crippen molar-refractivity contribution in [2.45, 2.75) is 63.1 Å². The largest absolute Gasteiger partial charge is 0.463 e. The highest BCUT2D eigenvalue weighted by Crippen LogP contribution is 2.32. The van der Waals surface area contributed by atoms with Crippen LogP contribution in [0.4, 0.5) is 5.82 Å². The maximum Gasteiger partial charge on any atom is 0.320 e. The molecule has 2 aliphatic rings. The molecular formula is C18H27N5O5. The quantitative estimate of drug-likeness (QED) is 0.546. The molecule has 28 heavy (non-hydrogen) atoms. The Bertz CT molecular complexity index is 809. The molecule has 1 aliphatic heterocycles. The minimum absolute atomic E-state index is 0.148. The molecule has 4 atom stereocenters. The number of fused-ring (bicyclic) bond motifs is 1. The van der Waals surface area contributed by atoms with E-state index in [1.165, 1.54) is 43.0 Å². The third-order valence-electron chi connectivity index (χ3n) is 5.70. The van der Waals surface area contributed by atoms with E-state index in [2.05, 4.69) is 15.0 Å². The number of anilines is 1. The second-order valence-electron chi connectivity index (χ2n) is 7.59. The van der Waals surface area contributed by atoms with Crippen LogP contribution in [-0.2, 0) is 4.74 Å². The number of hydrogen-bond donors (Lipinski definition) is 4. The molecule has 5 N–H and O–H groups in total. The number of imidazole rings is 1. The summed E-state index contributed by atoms with van der Waals surface area (Å²) in [7, 11) is 0. The van der Waals surface area contributed by atoms with Crippen LogP contribution in [0.5, 0.6) is 6.01 Å². The van der Waals surface area contributed by atoms with Gasteiger partial charge in [-0.3, -0.25) is 4.57 Å². The van der Waals surface area contributed by atoms with Gasteiger partial charge in [-0.25, -0.2) is 4.98 Å². The molecule has 2 fully saturated rings. The van der Waals surface area contributed by atoms with Gasteiger partial charge < -0.3 is 30.5 Å². The van der Waals surface area contributed by atoms with E-state index in [4.69, 9.17) is 15.2 Å². The van der Waals surface area contributed by atoms with Gasteiger partial charge in [0, 0.05) is 0 Å². The van der Waals surface area contributed by atoms with Crippen molar-refractivity contribution in [1.82, 2.24) is 19.5 Å². The van der Waals surface area contributed by atoms with Crippen LogP contribution in [0.2, 0.25) is 0 Å². The molecule has 0 amide bonds. The average molecular weight is 393 g/mol. The Hall–Kier alpha value is -2.01. The van der Waals surface area contributed by atoms with Crippen LogP contribution in [0.25, 0.3) is 11.2 Å². The summed E-state index contributed by atoms with van der Waals surface area (Å²) >= 11 is 0. The van der Waals surface area contributed by atoms with Gasteiger partial charge in [-0.15, -0.1) is 0 Å². The van der Waals surface area contributed by atoms with Gasteiger partial charge in [0.25, 0.3) is 0 Å². The predicted molar refractivity (Wildman–Crippen MR) is 99.4 cm³/mol. The number of aliphatic hydroxyl groups is 3. The average Bonchev–Trinajstić information content (AvgIpc) is 3.24. The van der Waals surface area contributed by atoms with Gasteiger partial charge in [-0.1, -0.05) is 32.1 Å².